The summed E-state index contributed by atoms with van der Waals surface area (Å²) in [6, 6.07) is 19.1. The Hall–Kier alpha value is -4.03. The maximum atomic E-state index is 12.1. The van der Waals surface area contributed by atoms with Crippen molar-refractivity contribution in [2.24, 2.45) is 0 Å². The van der Waals surface area contributed by atoms with E-state index in [1.807, 2.05) is 72.8 Å². The first-order chi connectivity index (χ1) is 15.5. The molecule has 3 rings (SSSR count). The molecule has 6 nitrogen and oxygen atoms in total. The number of para-hydroxylation sites is 1. The van der Waals surface area contributed by atoms with E-state index in [2.05, 4.69) is 11.1 Å². The number of carbonyl (C=O) groups is 1. The highest BCUT2D eigenvalue weighted by molar-refractivity contribution is 6.03. The van der Waals surface area contributed by atoms with Crippen molar-refractivity contribution in [2.75, 3.05) is 26.6 Å². The third kappa shape index (κ3) is 5.77. The monoisotopic (exact) mass is 431 g/mol. The van der Waals surface area contributed by atoms with Gasteiger partial charge < -0.3 is 25.3 Å². The minimum absolute atomic E-state index is 0.201. The number of quaternary nitrogens is 1. The van der Waals surface area contributed by atoms with Gasteiger partial charge in [0.2, 0.25) is 11.7 Å². The number of rotatable bonds is 8. The van der Waals surface area contributed by atoms with E-state index in [4.69, 9.17) is 14.2 Å². The van der Waals surface area contributed by atoms with Gasteiger partial charge in [-0.2, -0.15) is 0 Å². The van der Waals surface area contributed by atoms with Crippen LogP contribution in [0.3, 0.4) is 0 Å². The molecule has 0 unspecified atom stereocenters. The third-order valence-electron chi connectivity index (χ3n) is 4.79. The summed E-state index contributed by atoms with van der Waals surface area (Å²) in [6.07, 6.45) is 7.24. The smallest absolute Gasteiger partial charge is 0.248 e. The first-order valence-corrected chi connectivity index (χ1v) is 10.0. The number of anilines is 1. The van der Waals surface area contributed by atoms with Gasteiger partial charge in [0.15, 0.2) is 17.2 Å². The number of hydrogen-bond donors (Lipinski definition) is 2. The van der Waals surface area contributed by atoms with E-state index in [0.29, 0.717) is 22.9 Å². The number of methoxy groups -OCH3 is 3. The topological polar surface area (TPSA) is 84.4 Å². The first-order valence-electron chi connectivity index (χ1n) is 10.0. The van der Waals surface area contributed by atoms with E-state index >= 15 is 0 Å². The average molecular weight is 432 g/mol. The van der Waals surface area contributed by atoms with Crippen molar-refractivity contribution in [3.05, 3.63) is 83.4 Å². The van der Waals surface area contributed by atoms with E-state index in [-0.39, 0.29) is 5.91 Å². The molecule has 0 heterocycles. The molecule has 0 atom stereocenters. The van der Waals surface area contributed by atoms with E-state index < -0.39 is 0 Å². The summed E-state index contributed by atoms with van der Waals surface area (Å²) < 4.78 is 16.1. The maximum Gasteiger partial charge on any atom is 0.248 e. The molecule has 0 fully saturated rings. The Morgan fingerprint density at radius 2 is 1.34 bits per heavy atom. The van der Waals surface area contributed by atoms with Crippen LogP contribution in [0, 0.1) is 0 Å². The summed E-state index contributed by atoms with van der Waals surface area (Å²) in [5, 5.41) is 2.83. The molecule has 0 radical (unpaired) electrons. The summed E-state index contributed by atoms with van der Waals surface area (Å²) in [5.41, 5.74) is 8.25. The van der Waals surface area contributed by atoms with Crippen LogP contribution in [0.5, 0.6) is 17.2 Å². The number of hydrogen-bond acceptors (Lipinski definition) is 4. The van der Waals surface area contributed by atoms with Crippen molar-refractivity contribution < 1.29 is 24.7 Å². The quantitative estimate of drug-likeness (QED) is 0.409. The van der Waals surface area contributed by atoms with Crippen LogP contribution in [-0.2, 0) is 4.79 Å². The fraction of sp³-hybridized carbons (Fsp3) is 0.115. The molecule has 0 saturated heterocycles. The van der Waals surface area contributed by atoms with Crippen molar-refractivity contribution in [3.8, 4) is 17.2 Å². The molecule has 4 N–H and O–H groups in total. The summed E-state index contributed by atoms with van der Waals surface area (Å²) in [7, 11) is 4.76. The van der Waals surface area contributed by atoms with Crippen LogP contribution in [0.25, 0.3) is 18.2 Å². The van der Waals surface area contributed by atoms with Crippen LogP contribution >= 0.6 is 0 Å². The molecule has 3 aromatic carbocycles. The minimum Gasteiger partial charge on any atom is -0.493 e. The second-order valence-electron chi connectivity index (χ2n) is 6.94. The van der Waals surface area contributed by atoms with Crippen LogP contribution in [0.2, 0.25) is 0 Å². The zero-order chi connectivity index (χ0) is 22.9. The van der Waals surface area contributed by atoms with Gasteiger partial charge in [-0.05, 0) is 41.0 Å². The van der Waals surface area contributed by atoms with Crippen LogP contribution in [0.1, 0.15) is 16.7 Å². The fourth-order valence-corrected chi connectivity index (χ4v) is 3.10. The van der Waals surface area contributed by atoms with Gasteiger partial charge in [-0.1, -0.05) is 48.6 Å². The van der Waals surface area contributed by atoms with E-state index in [1.54, 1.807) is 27.4 Å². The van der Waals surface area contributed by atoms with Gasteiger partial charge in [0.1, 0.15) is 5.69 Å². The summed E-state index contributed by atoms with van der Waals surface area (Å²) in [4.78, 5) is 12.1. The lowest BCUT2D eigenvalue weighted by molar-refractivity contribution is -0.253. The van der Waals surface area contributed by atoms with Crippen molar-refractivity contribution in [1.82, 2.24) is 0 Å². The lowest BCUT2D eigenvalue weighted by Gasteiger charge is -2.12. The minimum atomic E-state index is -0.201. The molecule has 0 aliphatic rings. The van der Waals surface area contributed by atoms with E-state index in [9.17, 15) is 4.79 Å². The van der Waals surface area contributed by atoms with Gasteiger partial charge in [-0.15, -0.1) is 0 Å². The van der Waals surface area contributed by atoms with E-state index in [0.717, 1.165) is 22.4 Å². The van der Waals surface area contributed by atoms with Crippen LogP contribution in [0.15, 0.2) is 66.7 Å². The Morgan fingerprint density at radius 1 is 0.781 bits per heavy atom. The molecule has 0 aliphatic carbocycles. The highest BCUT2D eigenvalue weighted by atomic mass is 16.5. The zero-order valence-electron chi connectivity index (χ0n) is 18.4. The molecule has 32 heavy (non-hydrogen) atoms. The highest BCUT2D eigenvalue weighted by Gasteiger charge is 2.12. The fourth-order valence-electron chi connectivity index (χ4n) is 3.10. The second kappa shape index (κ2) is 10.8. The van der Waals surface area contributed by atoms with Gasteiger partial charge in [-0.25, -0.2) is 0 Å². The van der Waals surface area contributed by atoms with Gasteiger partial charge in [0.25, 0.3) is 0 Å². The second-order valence-corrected chi connectivity index (χ2v) is 6.94. The Labute approximate surface area is 187 Å². The maximum absolute atomic E-state index is 12.1. The highest BCUT2D eigenvalue weighted by Crippen LogP contribution is 2.38. The van der Waals surface area contributed by atoms with Crippen LogP contribution in [0.4, 0.5) is 11.4 Å². The molecule has 0 saturated carbocycles. The largest absolute Gasteiger partial charge is 0.493 e. The van der Waals surface area contributed by atoms with Gasteiger partial charge in [0, 0.05) is 12.1 Å². The predicted molar refractivity (Wildman–Crippen MR) is 128 cm³/mol. The SMILES string of the molecule is COc1cc(C=Cc2ccc(C=CC(=O)Nc3ccccc3[NH3+])cc2)cc(OC)c1OC. The molecule has 3 aromatic rings. The van der Waals surface area contributed by atoms with Gasteiger partial charge in [0.05, 0.1) is 21.3 Å². The standard InChI is InChI=1S/C26H26N2O4/c1-30-23-16-20(17-24(31-2)26(23)32-3)13-12-18-8-10-19(11-9-18)14-15-25(29)28-22-7-5-4-6-21(22)27/h4-17H,27H2,1-3H3,(H,28,29)/p+1. The normalized spacial score (nSPS) is 11.0. The Morgan fingerprint density at radius 3 is 1.91 bits per heavy atom. The van der Waals surface area contributed by atoms with E-state index in [1.165, 1.54) is 6.08 Å². The first kappa shape index (κ1) is 22.7. The Bertz CT molecular complexity index is 1110. The molecule has 0 aliphatic heterocycles. The van der Waals surface area contributed by atoms with Crippen molar-refractivity contribution in [2.45, 2.75) is 0 Å². The summed E-state index contributed by atoms with van der Waals surface area (Å²) in [5.74, 6) is 1.57. The average Bonchev–Trinajstić information content (AvgIpc) is 2.82. The van der Waals surface area contributed by atoms with Gasteiger partial charge >= 0.3 is 0 Å². The molecule has 1 amide bonds. The van der Waals surface area contributed by atoms with Crippen molar-refractivity contribution >= 4 is 35.5 Å². The van der Waals surface area contributed by atoms with Crippen molar-refractivity contribution in [3.63, 3.8) is 0 Å². The lowest BCUT2D eigenvalue weighted by Crippen LogP contribution is -2.41. The number of amides is 1. The number of benzene rings is 3. The van der Waals surface area contributed by atoms with Crippen LogP contribution < -0.4 is 25.3 Å². The zero-order valence-corrected chi connectivity index (χ0v) is 18.4. The van der Waals surface area contributed by atoms with Gasteiger partial charge in [-0.3, -0.25) is 4.79 Å². The Kier molecular flexibility index (Phi) is 7.67. The predicted octanol–water partition coefficient (Wildman–Crippen LogP) is 4.41. The lowest BCUT2D eigenvalue weighted by atomic mass is 10.1. The summed E-state index contributed by atoms with van der Waals surface area (Å²) in [6.45, 7) is 0. The number of nitrogens with one attached hydrogen (secondary N) is 1. The number of ether oxygens (including phenoxy) is 3. The molecule has 6 heteroatoms. The third-order valence-corrected chi connectivity index (χ3v) is 4.79. The molecule has 0 bridgehead atoms. The molecular formula is C26H27N2O4+. The van der Waals surface area contributed by atoms with Crippen molar-refractivity contribution in [1.29, 1.82) is 0 Å². The molecule has 0 aromatic heterocycles. The Balaban J connectivity index is 1.67. The summed E-state index contributed by atoms with van der Waals surface area (Å²) >= 11 is 0. The van der Waals surface area contributed by atoms with Crippen LogP contribution in [-0.4, -0.2) is 27.2 Å². The number of carbonyl (C=O) groups excluding carboxylic acids is 1. The molecular weight excluding hydrogens is 404 g/mol. The molecule has 164 valence electrons. The molecule has 0 spiro atoms.